The molecule has 0 aliphatic carbocycles. The number of carbonyl (C=O) groups excluding carboxylic acids is 2. The Labute approximate surface area is 153 Å². The normalized spacial score (nSPS) is 13.7. The van der Waals surface area contributed by atoms with Crippen LogP contribution in [0.15, 0.2) is 24.5 Å². The smallest absolute Gasteiger partial charge is 0.272 e. The molecule has 0 saturated carbocycles. The minimum atomic E-state index is -0.257. The second-order valence-corrected chi connectivity index (χ2v) is 7.17. The van der Waals surface area contributed by atoms with Gasteiger partial charge in [0.05, 0.1) is 6.04 Å². The van der Waals surface area contributed by atoms with Crippen LogP contribution in [0.1, 0.15) is 56.7 Å². The lowest BCUT2D eigenvalue weighted by Gasteiger charge is -2.29. The van der Waals surface area contributed by atoms with E-state index in [1.54, 1.807) is 29.2 Å². The molecule has 0 spiro atoms. The maximum atomic E-state index is 12.4. The van der Waals surface area contributed by atoms with Gasteiger partial charge in [0.1, 0.15) is 12.2 Å². The molecule has 142 valence electrons. The maximum Gasteiger partial charge on any atom is 0.272 e. The number of hydrogen-bond acceptors (Lipinski definition) is 4. The number of carbonyl (C=O) groups is 2. The molecule has 2 aromatic heterocycles. The van der Waals surface area contributed by atoms with Gasteiger partial charge in [0.15, 0.2) is 0 Å². The summed E-state index contributed by atoms with van der Waals surface area (Å²) in [6.07, 6.45) is 3.37. The second-order valence-electron chi connectivity index (χ2n) is 7.17. The van der Waals surface area contributed by atoms with Crippen molar-refractivity contribution in [1.29, 1.82) is 0 Å². The van der Waals surface area contributed by atoms with Gasteiger partial charge in [-0.25, -0.2) is 0 Å². The van der Waals surface area contributed by atoms with Crippen LogP contribution < -0.4 is 10.6 Å². The summed E-state index contributed by atoms with van der Waals surface area (Å²) in [5, 5.41) is 16.9. The lowest BCUT2D eigenvalue weighted by molar-refractivity contribution is -0.123. The van der Waals surface area contributed by atoms with E-state index in [1.807, 2.05) is 34.6 Å². The van der Waals surface area contributed by atoms with Crippen LogP contribution in [0.2, 0.25) is 0 Å². The van der Waals surface area contributed by atoms with Gasteiger partial charge in [-0.1, -0.05) is 27.7 Å². The zero-order valence-electron chi connectivity index (χ0n) is 16.0. The van der Waals surface area contributed by atoms with E-state index in [9.17, 15) is 9.59 Å². The first kappa shape index (κ1) is 19.7. The summed E-state index contributed by atoms with van der Waals surface area (Å²) in [5.41, 5.74) is 1.27. The maximum absolute atomic E-state index is 12.4. The van der Waals surface area contributed by atoms with Gasteiger partial charge in [0.2, 0.25) is 5.91 Å². The quantitative estimate of drug-likeness (QED) is 0.666. The number of nitrogens with one attached hydrogen (secondary N) is 3. The average molecular weight is 360 g/mol. The summed E-state index contributed by atoms with van der Waals surface area (Å²) in [7, 11) is 0. The Bertz CT molecular complexity index is 720. The molecule has 3 N–H and O–H groups in total. The van der Waals surface area contributed by atoms with Gasteiger partial charge in [-0.2, -0.15) is 10.2 Å². The van der Waals surface area contributed by atoms with E-state index in [1.165, 1.54) is 0 Å². The number of hydrogen-bond donors (Lipinski definition) is 3. The molecule has 2 unspecified atom stereocenters. The fraction of sp³-hybridized carbons (Fsp3) is 0.556. The van der Waals surface area contributed by atoms with Gasteiger partial charge in [0.25, 0.3) is 5.91 Å². The summed E-state index contributed by atoms with van der Waals surface area (Å²) < 4.78 is 1.56. The van der Waals surface area contributed by atoms with Crippen molar-refractivity contribution in [3.05, 3.63) is 35.9 Å². The lowest BCUT2D eigenvalue weighted by Crippen LogP contribution is -2.53. The van der Waals surface area contributed by atoms with Crippen LogP contribution in [0, 0.1) is 5.92 Å². The highest BCUT2D eigenvalue weighted by molar-refractivity contribution is 5.92. The van der Waals surface area contributed by atoms with Crippen molar-refractivity contribution in [3.63, 3.8) is 0 Å². The third-order valence-corrected chi connectivity index (χ3v) is 4.26. The summed E-state index contributed by atoms with van der Waals surface area (Å²) >= 11 is 0. The Balaban J connectivity index is 1.97. The molecular weight excluding hydrogens is 332 g/mol. The molecule has 26 heavy (non-hydrogen) atoms. The molecule has 0 radical (unpaired) electrons. The molecule has 0 saturated heterocycles. The van der Waals surface area contributed by atoms with E-state index in [0.717, 1.165) is 5.69 Å². The standard InChI is InChI=1S/C18H28N6O2/c1-11(2)14-9-15(23-22-14)18(26)20-13(5)17(12(3)4)21-16(25)10-24-8-6-7-19-24/h6-9,11-13,17H,10H2,1-5H3,(H,20,26)(H,21,25)(H,22,23). The van der Waals surface area contributed by atoms with Crippen LogP contribution >= 0.6 is 0 Å². The molecule has 0 aromatic carbocycles. The zero-order valence-corrected chi connectivity index (χ0v) is 16.0. The molecule has 2 heterocycles. The Hall–Kier alpha value is -2.64. The van der Waals surface area contributed by atoms with Crippen LogP contribution in [-0.2, 0) is 11.3 Å². The molecule has 2 rings (SSSR count). The number of H-pyrrole nitrogens is 1. The second kappa shape index (κ2) is 8.64. The van der Waals surface area contributed by atoms with E-state index < -0.39 is 0 Å². The van der Waals surface area contributed by atoms with Crippen molar-refractivity contribution in [3.8, 4) is 0 Å². The summed E-state index contributed by atoms with van der Waals surface area (Å²) in [5.74, 6) is 0.0201. The first-order valence-corrected chi connectivity index (χ1v) is 8.91. The van der Waals surface area contributed by atoms with Gasteiger partial charge < -0.3 is 10.6 Å². The average Bonchev–Trinajstić information content (AvgIpc) is 3.23. The first-order chi connectivity index (χ1) is 12.3. The van der Waals surface area contributed by atoms with Gasteiger partial charge in [-0.3, -0.25) is 19.4 Å². The first-order valence-electron chi connectivity index (χ1n) is 8.91. The largest absolute Gasteiger partial charge is 0.349 e. The van der Waals surface area contributed by atoms with Crippen molar-refractivity contribution < 1.29 is 9.59 Å². The van der Waals surface area contributed by atoms with E-state index in [4.69, 9.17) is 0 Å². The van der Waals surface area contributed by atoms with Crippen LogP contribution in [0.5, 0.6) is 0 Å². The van der Waals surface area contributed by atoms with Gasteiger partial charge in [-0.05, 0) is 30.9 Å². The molecule has 0 fully saturated rings. The third-order valence-electron chi connectivity index (χ3n) is 4.26. The van der Waals surface area contributed by atoms with Crippen LogP contribution in [0.3, 0.4) is 0 Å². The molecule has 8 heteroatoms. The fourth-order valence-corrected chi connectivity index (χ4v) is 2.76. The molecule has 2 aromatic rings. The van der Waals surface area contributed by atoms with Gasteiger partial charge >= 0.3 is 0 Å². The highest BCUT2D eigenvalue weighted by Gasteiger charge is 2.25. The number of aromatic amines is 1. The molecule has 2 amide bonds. The van der Waals surface area contributed by atoms with E-state index in [2.05, 4.69) is 25.9 Å². The fourth-order valence-electron chi connectivity index (χ4n) is 2.76. The Morgan fingerprint density at radius 2 is 1.92 bits per heavy atom. The van der Waals surface area contributed by atoms with Crippen molar-refractivity contribution >= 4 is 11.8 Å². The van der Waals surface area contributed by atoms with E-state index in [0.29, 0.717) is 5.69 Å². The number of aromatic nitrogens is 4. The SMILES string of the molecule is CC(C)c1cc(C(=O)NC(C)C(NC(=O)Cn2cccn2)C(C)C)n[nH]1. The van der Waals surface area contributed by atoms with Crippen molar-refractivity contribution in [2.75, 3.05) is 0 Å². The summed E-state index contributed by atoms with van der Waals surface area (Å²) in [6, 6.07) is 3.08. The lowest BCUT2D eigenvalue weighted by atomic mass is 9.97. The highest BCUT2D eigenvalue weighted by atomic mass is 16.2. The molecule has 0 aliphatic heterocycles. The van der Waals surface area contributed by atoms with Crippen LogP contribution in [-0.4, -0.2) is 43.9 Å². The van der Waals surface area contributed by atoms with Crippen molar-refractivity contribution in [2.24, 2.45) is 5.92 Å². The van der Waals surface area contributed by atoms with E-state index in [-0.39, 0.29) is 42.3 Å². The molecule has 0 aliphatic rings. The van der Waals surface area contributed by atoms with Crippen molar-refractivity contribution in [2.45, 2.75) is 59.2 Å². The Morgan fingerprint density at radius 1 is 1.19 bits per heavy atom. The predicted molar refractivity (Wildman–Crippen MR) is 98.6 cm³/mol. The summed E-state index contributed by atoms with van der Waals surface area (Å²) in [4.78, 5) is 24.7. The zero-order chi connectivity index (χ0) is 19.3. The van der Waals surface area contributed by atoms with Crippen LogP contribution in [0.25, 0.3) is 0 Å². The van der Waals surface area contributed by atoms with Crippen molar-refractivity contribution in [1.82, 2.24) is 30.6 Å². The predicted octanol–water partition coefficient (Wildman–Crippen LogP) is 1.69. The summed E-state index contributed by atoms with van der Waals surface area (Å²) in [6.45, 7) is 10.1. The monoisotopic (exact) mass is 360 g/mol. The molecular formula is C18H28N6O2. The number of rotatable bonds is 8. The Kier molecular flexibility index (Phi) is 6.54. The topological polar surface area (TPSA) is 105 Å². The number of amides is 2. The molecule has 8 nitrogen and oxygen atoms in total. The minimum absolute atomic E-state index is 0.143. The number of nitrogens with zero attached hydrogens (tertiary/aromatic N) is 3. The highest BCUT2D eigenvalue weighted by Crippen LogP contribution is 2.13. The minimum Gasteiger partial charge on any atom is -0.349 e. The molecule has 2 atom stereocenters. The molecule has 0 bridgehead atoms. The van der Waals surface area contributed by atoms with Gasteiger partial charge in [0, 0.05) is 24.1 Å². The Morgan fingerprint density at radius 3 is 2.46 bits per heavy atom. The van der Waals surface area contributed by atoms with Crippen LogP contribution in [0.4, 0.5) is 0 Å². The van der Waals surface area contributed by atoms with Gasteiger partial charge in [-0.15, -0.1) is 0 Å². The third kappa shape index (κ3) is 5.18. The van der Waals surface area contributed by atoms with E-state index >= 15 is 0 Å².